The number of aliphatic hydroxyl groups excluding tert-OH is 1. The molecule has 2 atom stereocenters. The lowest BCUT2D eigenvalue weighted by molar-refractivity contribution is -0.126. The summed E-state index contributed by atoms with van der Waals surface area (Å²) in [6.45, 7) is 5.56. The van der Waals surface area contributed by atoms with Crippen molar-refractivity contribution in [2.75, 3.05) is 6.54 Å². The highest BCUT2D eigenvalue weighted by molar-refractivity contribution is 5.85. The van der Waals surface area contributed by atoms with Crippen LogP contribution in [-0.2, 0) is 4.79 Å². The molecular formula is C9H20N2O2. The Bertz CT molecular complexity index is 167. The van der Waals surface area contributed by atoms with E-state index in [2.05, 4.69) is 5.32 Å². The van der Waals surface area contributed by atoms with E-state index in [1.165, 1.54) is 0 Å². The lowest BCUT2D eigenvalue weighted by atomic mass is 9.96. The standard InChI is InChI=1S/C9H20N2O2/c1-4-5-9(3,10)8(13)11-6-7(2)12/h7,12H,4-6,10H2,1-3H3,(H,11,13). The zero-order valence-corrected chi connectivity index (χ0v) is 8.63. The van der Waals surface area contributed by atoms with Gasteiger partial charge in [0.25, 0.3) is 0 Å². The number of hydrogen-bond donors (Lipinski definition) is 3. The first-order valence-electron chi connectivity index (χ1n) is 4.65. The minimum atomic E-state index is -0.816. The van der Waals surface area contributed by atoms with E-state index >= 15 is 0 Å². The van der Waals surface area contributed by atoms with E-state index in [-0.39, 0.29) is 12.5 Å². The number of rotatable bonds is 5. The Morgan fingerprint density at radius 1 is 1.69 bits per heavy atom. The van der Waals surface area contributed by atoms with Crippen LogP contribution in [-0.4, -0.2) is 29.2 Å². The first-order chi connectivity index (χ1) is 5.90. The van der Waals surface area contributed by atoms with Gasteiger partial charge in [0.15, 0.2) is 0 Å². The van der Waals surface area contributed by atoms with Gasteiger partial charge in [0.2, 0.25) is 5.91 Å². The van der Waals surface area contributed by atoms with E-state index in [0.717, 1.165) is 6.42 Å². The highest BCUT2D eigenvalue weighted by Crippen LogP contribution is 2.07. The van der Waals surface area contributed by atoms with E-state index in [4.69, 9.17) is 10.8 Å². The summed E-state index contributed by atoms with van der Waals surface area (Å²) in [6.07, 6.45) is 0.995. The average Bonchev–Trinajstić information content (AvgIpc) is 1.99. The number of aliphatic hydroxyl groups is 1. The Morgan fingerprint density at radius 2 is 2.23 bits per heavy atom. The second kappa shape index (κ2) is 5.19. The highest BCUT2D eigenvalue weighted by atomic mass is 16.3. The lowest BCUT2D eigenvalue weighted by Crippen LogP contribution is -2.52. The zero-order valence-electron chi connectivity index (χ0n) is 8.63. The van der Waals surface area contributed by atoms with Crippen LogP contribution in [0.25, 0.3) is 0 Å². The van der Waals surface area contributed by atoms with E-state index in [1.54, 1.807) is 13.8 Å². The van der Waals surface area contributed by atoms with Gasteiger partial charge in [0.05, 0.1) is 11.6 Å². The molecule has 0 spiro atoms. The third-order valence-corrected chi connectivity index (χ3v) is 1.85. The molecular weight excluding hydrogens is 168 g/mol. The lowest BCUT2D eigenvalue weighted by Gasteiger charge is -2.23. The van der Waals surface area contributed by atoms with Gasteiger partial charge in [-0.05, 0) is 20.3 Å². The van der Waals surface area contributed by atoms with Crippen LogP contribution in [0.5, 0.6) is 0 Å². The Hall–Kier alpha value is -0.610. The van der Waals surface area contributed by atoms with Gasteiger partial charge in [-0.2, -0.15) is 0 Å². The van der Waals surface area contributed by atoms with Crippen LogP contribution in [0.4, 0.5) is 0 Å². The molecule has 4 nitrogen and oxygen atoms in total. The van der Waals surface area contributed by atoms with Crippen LogP contribution < -0.4 is 11.1 Å². The van der Waals surface area contributed by atoms with Crippen molar-refractivity contribution < 1.29 is 9.90 Å². The molecule has 13 heavy (non-hydrogen) atoms. The topological polar surface area (TPSA) is 75.4 Å². The molecule has 0 aromatic rings. The SMILES string of the molecule is CCCC(C)(N)C(=O)NCC(C)O. The van der Waals surface area contributed by atoms with Crippen molar-refractivity contribution in [1.82, 2.24) is 5.32 Å². The van der Waals surface area contributed by atoms with Crippen LogP contribution in [0.3, 0.4) is 0 Å². The van der Waals surface area contributed by atoms with Crippen molar-refractivity contribution in [3.05, 3.63) is 0 Å². The number of hydrogen-bond acceptors (Lipinski definition) is 3. The van der Waals surface area contributed by atoms with Gasteiger partial charge in [-0.25, -0.2) is 0 Å². The molecule has 2 unspecified atom stereocenters. The third kappa shape index (κ3) is 4.85. The summed E-state index contributed by atoms with van der Waals surface area (Å²) in [7, 11) is 0. The molecule has 0 aromatic carbocycles. The fourth-order valence-electron chi connectivity index (χ4n) is 1.08. The second-order valence-electron chi connectivity index (χ2n) is 3.73. The van der Waals surface area contributed by atoms with Gasteiger partial charge in [0, 0.05) is 6.54 Å². The van der Waals surface area contributed by atoms with Crippen molar-refractivity contribution in [2.24, 2.45) is 5.73 Å². The van der Waals surface area contributed by atoms with Gasteiger partial charge in [-0.15, -0.1) is 0 Å². The molecule has 0 aliphatic heterocycles. The quantitative estimate of drug-likeness (QED) is 0.568. The molecule has 4 heteroatoms. The monoisotopic (exact) mass is 188 g/mol. The summed E-state index contributed by atoms with van der Waals surface area (Å²) in [5.74, 6) is -0.199. The van der Waals surface area contributed by atoms with Gasteiger partial charge in [-0.3, -0.25) is 4.79 Å². The van der Waals surface area contributed by atoms with Crippen LogP contribution in [0.1, 0.15) is 33.6 Å². The number of carbonyl (C=O) groups excluding carboxylic acids is 1. The summed E-state index contributed by atoms with van der Waals surface area (Å²) < 4.78 is 0. The van der Waals surface area contributed by atoms with Crippen LogP contribution in [0.2, 0.25) is 0 Å². The molecule has 0 fully saturated rings. The minimum absolute atomic E-state index is 0.199. The molecule has 4 N–H and O–H groups in total. The van der Waals surface area contributed by atoms with E-state index in [9.17, 15) is 4.79 Å². The maximum atomic E-state index is 11.4. The first kappa shape index (κ1) is 12.4. The van der Waals surface area contributed by atoms with Crippen molar-refractivity contribution in [3.8, 4) is 0 Å². The fourth-order valence-corrected chi connectivity index (χ4v) is 1.08. The van der Waals surface area contributed by atoms with Gasteiger partial charge in [-0.1, -0.05) is 13.3 Å². The van der Waals surface area contributed by atoms with Crippen molar-refractivity contribution in [2.45, 2.75) is 45.3 Å². The number of nitrogens with one attached hydrogen (secondary N) is 1. The second-order valence-corrected chi connectivity index (χ2v) is 3.73. The normalized spacial score (nSPS) is 17.6. The number of nitrogens with two attached hydrogens (primary N) is 1. The van der Waals surface area contributed by atoms with E-state index in [1.807, 2.05) is 6.92 Å². The smallest absolute Gasteiger partial charge is 0.239 e. The molecule has 0 aromatic heterocycles. The zero-order chi connectivity index (χ0) is 10.5. The predicted molar refractivity (Wildman–Crippen MR) is 52.2 cm³/mol. The molecule has 0 aliphatic carbocycles. The van der Waals surface area contributed by atoms with Crippen molar-refractivity contribution in [3.63, 3.8) is 0 Å². The summed E-state index contributed by atoms with van der Waals surface area (Å²) in [5, 5.41) is 11.5. The Morgan fingerprint density at radius 3 is 2.62 bits per heavy atom. The fraction of sp³-hybridized carbons (Fsp3) is 0.889. The van der Waals surface area contributed by atoms with Crippen LogP contribution >= 0.6 is 0 Å². The summed E-state index contributed by atoms with van der Waals surface area (Å²) >= 11 is 0. The summed E-state index contributed by atoms with van der Waals surface area (Å²) in [4.78, 5) is 11.4. The third-order valence-electron chi connectivity index (χ3n) is 1.85. The highest BCUT2D eigenvalue weighted by Gasteiger charge is 2.26. The molecule has 0 saturated carbocycles. The Balaban J connectivity index is 3.94. The molecule has 1 amide bonds. The van der Waals surface area contributed by atoms with Crippen molar-refractivity contribution in [1.29, 1.82) is 0 Å². The molecule has 0 heterocycles. The predicted octanol–water partition coefficient (Wildman–Crippen LogP) is 0.000900. The van der Waals surface area contributed by atoms with E-state index < -0.39 is 11.6 Å². The van der Waals surface area contributed by atoms with Gasteiger partial charge >= 0.3 is 0 Å². The number of carbonyl (C=O) groups is 1. The van der Waals surface area contributed by atoms with Crippen LogP contribution in [0, 0.1) is 0 Å². The van der Waals surface area contributed by atoms with E-state index in [0.29, 0.717) is 6.42 Å². The minimum Gasteiger partial charge on any atom is -0.392 e. The van der Waals surface area contributed by atoms with Gasteiger partial charge < -0.3 is 16.2 Å². The number of amides is 1. The Kier molecular flexibility index (Phi) is 4.95. The molecule has 0 radical (unpaired) electrons. The molecule has 0 aliphatic rings. The summed E-state index contributed by atoms with van der Waals surface area (Å²) in [5.41, 5.74) is 4.95. The average molecular weight is 188 g/mol. The molecule has 0 bridgehead atoms. The molecule has 0 saturated heterocycles. The maximum Gasteiger partial charge on any atom is 0.239 e. The Labute approximate surface area is 79.5 Å². The van der Waals surface area contributed by atoms with Crippen molar-refractivity contribution >= 4 is 5.91 Å². The summed E-state index contributed by atoms with van der Waals surface area (Å²) in [6, 6.07) is 0. The van der Waals surface area contributed by atoms with Crippen LogP contribution in [0.15, 0.2) is 0 Å². The largest absolute Gasteiger partial charge is 0.392 e. The first-order valence-corrected chi connectivity index (χ1v) is 4.65. The van der Waals surface area contributed by atoms with Gasteiger partial charge in [0.1, 0.15) is 0 Å². The molecule has 78 valence electrons. The maximum absolute atomic E-state index is 11.4. The molecule has 0 rings (SSSR count).